The maximum absolute atomic E-state index is 10.1. The van der Waals surface area contributed by atoms with E-state index in [9.17, 15) is 5.11 Å². The number of hydrogen-bond donors (Lipinski definition) is 0. The van der Waals surface area contributed by atoms with Crippen molar-refractivity contribution in [2.75, 3.05) is 13.2 Å². The molecule has 1 radical (unpaired) electrons. The van der Waals surface area contributed by atoms with E-state index in [1.807, 2.05) is 6.08 Å². The zero-order chi connectivity index (χ0) is 9.78. The maximum atomic E-state index is 10.1. The third-order valence-electron chi connectivity index (χ3n) is 1.82. The monoisotopic (exact) mass is 185 g/mol. The Morgan fingerprint density at radius 1 is 1.15 bits per heavy atom. The highest BCUT2D eigenvalue weighted by atomic mass is 16.5. The molecule has 0 unspecified atom stereocenters. The minimum atomic E-state index is 0.0147. The van der Waals surface area contributed by atoms with Crippen LogP contribution in [0.5, 0.6) is 0 Å². The SMILES string of the molecule is CCCCCCOC=CCCC[O]. The second kappa shape index (κ2) is 11.5. The molecule has 0 aliphatic heterocycles. The number of unbranched alkanes of at least 4 members (excludes halogenated alkanes) is 4. The summed E-state index contributed by atoms with van der Waals surface area (Å²) in [5.41, 5.74) is 0. The van der Waals surface area contributed by atoms with Gasteiger partial charge < -0.3 is 4.74 Å². The van der Waals surface area contributed by atoms with Crippen molar-refractivity contribution in [3.8, 4) is 0 Å². The Hall–Kier alpha value is -0.500. The van der Waals surface area contributed by atoms with E-state index in [1.165, 1.54) is 19.3 Å². The normalized spacial score (nSPS) is 10.9. The quantitative estimate of drug-likeness (QED) is 0.400. The fourth-order valence-electron chi connectivity index (χ4n) is 1.02. The molecule has 13 heavy (non-hydrogen) atoms. The van der Waals surface area contributed by atoms with E-state index in [1.54, 1.807) is 6.26 Å². The van der Waals surface area contributed by atoms with Crippen LogP contribution in [0.15, 0.2) is 12.3 Å². The van der Waals surface area contributed by atoms with Gasteiger partial charge in [0.15, 0.2) is 0 Å². The van der Waals surface area contributed by atoms with Crippen LogP contribution in [0.25, 0.3) is 0 Å². The van der Waals surface area contributed by atoms with Gasteiger partial charge in [-0.2, -0.15) is 0 Å². The Morgan fingerprint density at radius 3 is 2.69 bits per heavy atom. The van der Waals surface area contributed by atoms with Gasteiger partial charge in [-0.25, -0.2) is 5.11 Å². The van der Waals surface area contributed by atoms with Gasteiger partial charge in [-0.1, -0.05) is 26.2 Å². The third-order valence-corrected chi connectivity index (χ3v) is 1.82. The van der Waals surface area contributed by atoms with E-state index in [-0.39, 0.29) is 6.61 Å². The third kappa shape index (κ3) is 11.5. The lowest BCUT2D eigenvalue weighted by Gasteiger charge is -1.99. The van der Waals surface area contributed by atoms with Gasteiger partial charge in [0.2, 0.25) is 0 Å². The van der Waals surface area contributed by atoms with Crippen molar-refractivity contribution in [2.24, 2.45) is 0 Å². The molecule has 2 nitrogen and oxygen atoms in total. The van der Waals surface area contributed by atoms with E-state index in [0.29, 0.717) is 0 Å². The van der Waals surface area contributed by atoms with Gasteiger partial charge in [0.25, 0.3) is 0 Å². The van der Waals surface area contributed by atoms with Gasteiger partial charge in [0, 0.05) is 0 Å². The molecule has 0 bridgehead atoms. The molecular formula is C11H21O2. The van der Waals surface area contributed by atoms with Gasteiger partial charge in [-0.15, -0.1) is 0 Å². The van der Waals surface area contributed by atoms with E-state index in [2.05, 4.69) is 6.92 Å². The van der Waals surface area contributed by atoms with Crippen LogP contribution in [0, 0.1) is 0 Å². The minimum Gasteiger partial charge on any atom is -0.502 e. The zero-order valence-corrected chi connectivity index (χ0v) is 8.63. The summed E-state index contributed by atoms with van der Waals surface area (Å²) in [6.07, 6.45) is 10.2. The Labute approximate surface area is 81.6 Å². The Bertz CT molecular complexity index is 111. The standard InChI is InChI=1S/C11H21O2/c1-2-3-4-7-10-13-11-8-5-6-9-12/h8,11H,2-7,9-10H2,1H3. The largest absolute Gasteiger partial charge is 0.502 e. The molecule has 0 fully saturated rings. The van der Waals surface area contributed by atoms with Crippen molar-refractivity contribution in [3.05, 3.63) is 12.3 Å². The van der Waals surface area contributed by atoms with Crippen LogP contribution in [0.3, 0.4) is 0 Å². The fraction of sp³-hybridized carbons (Fsp3) is 0.818. The molecular weight excluding hydrogens is 164 g/mol. The first-order chi connectivity index (χ1) is 6.41. The van der Waals surface area contributed by atoms with Gasteiger partial charge in [0.1, 0.15) is 0 Å². The van der Waals surface area contributed by atoms with E-state index in [4.69, 9.17) is 4.74 Å². The topological polar surface area (TPSA) is 29.1 Å². The lowest BCUT2D eigenvalue weighted by molar-refractivity contribution is 0.189. The van der Waals surface area contributed by atoms with Crippen LogP contribution in [0.4, 0.5) is 0 Å². The number of ether oxygens (including phenoxy) is 1. The van der Waals surface area contributed by atoms with Crippen LogP contribution in [0.2, 0.25) is 0 Å². The average molecular weight is 185 g/mol. The van der Waals surface area contributed by atoms with Crippen LogP contribution in [-0.2, 0) is 9.84 Å². The highest BCUT2D eigenvalue weighted by Gasteiger charge is 1.86. The molecule has 0 aromatic rings. The predicted molar refractivity (Wildman–Crippen MR) is 54.0 cm³/mol. The summed E-state index contributed by atoms with van der Waals surface area (Å²) in [7, 11) is 0. The number of rotatable bonds is 9. The van der Waals surface area contributed by atoms with Crippen molar-refractivity contribution < 1.29 is 9.84 Å². The van der Waals surface area contributed by atoms with Crippen LogP contribution < -0.4 is 0 Å². The Balaban J connectivity index is 2.93. The predicted octanol–water partition coefficient (Wildman–Crippen LogP) is 3.31. The van der Waals surface area contributed by atoms with Crippen molar-refractivity contribution in [1.82, 2.24) is 0 Å². The Kier molecular flexibility index (Phi) is 11.1. The molecule has 0 saturated heterocycles. The second-order valence-corrected chi connectivity index (χ2v) is 3.15. The van der Waals surface area contributed by atoms with Crippen molar-refractivity contribution in [1.29, 1.82) is 0 Å². The van der Waals surface area contributed by atoms with E-state index in [0.717, 1.165) is 25.9 Å². The molecule has 0 aliphatic rings. The molecule has 0 spiro atoms. The first kappa shape index (κ1) is 12.5. The fourth-order valence-corrected chi connectivity index (χ4v) is 1.02. The van der Waals surface area contributed by atoms with Crippen LogP contribution >= 0.6 is 0 Å². The zero-order valence-electron chi connectivity index (χ0n) is 8.63. The van der Waals surface area contributed by atoms with E-state index >= 15 is 0 Å². The highest BCUT2D eigenvalue weighted by Crippen LogP contribution is 1.99. The lowest BCUT2D eigenvalue weighted by atomic mass is 10.2. The molecule has 2 heteroatoms. The smallest absolute Gasteiger partial charge is 0.0873 e. The van der Waals surface area contributed by atoms with Crippen molar-refractivity contribution in [2.45, 2.75) is 45.4 Å². The van der Waals surface area contributed by atoms with Gasteiger partial charge in [-0.3, -0.25) is 0 Å². The molecule has 77 valence electrons. The highest BCUT2D eigenvalue weighted by molar-refractivity contribution is 4.72. The molecule has 0 atom stereocenters. The molecule has 0 amide bonds. The molecule has 0 aromatic carbocycles. The molecule has 0 N–H and O–H groups in total. The molecule has 0 aliphatic carbocycles. The minimum absolute atomic E-state index is 0.0147. The first-order valence-electron chi connectivity index (χ1n) is 5.26. The molecule has 0 aromatic heterocycles. The number of allylic oxidation sites excluding steroid dienone is 1. The van der Waals surface area contributed by atoms with Crippen molar-refractivity contribution in [3.63, 3.8) is 0 Å². The molecule has 0 heterocycles. The lowest BCUT2D eigenvalue weighted by Crippen LogP contribution is -1.87. The van der Waals surface area contributed by atoms with Gasteiger partial charge in [-0.05, 0) is 25.3 Å². The molecule has 0 rings (SSSR count). The summed E-state index contributed by atoms with van der Waals surface area (Å²) in [4.78, 5) is 0. The van der Waals surface area contributed by atoms with E-state index < -0.39 is 0 Å². The van der Waals surface area contributed by atoms with Gasteiger partial charge in [0.05, 0.1) is 19.5 Å². The average Bonchev–Trinajstić information content (AvgIpc) is 2.16. The maximum Gasteiger partial charge on any atom is 0.0873 e. The Morgan fingerprint density at radius 2 is 2.00 bits per heavy atom. The number of hydrogen-bond acceptors (Lipinski definition) is 1. The summed E-state index contributed by atoms with van der Waals surface area (Å²) in [5.74, 6) is 0. The summed E-state index contributed by atoms with van der Waals surface area (Å²) in [6, 6.07) is 0. The summed E-state index contributed by atoms with van der Waals surface area (Å²) >= 11 is 0. The summed E-state index contributed by atoms with van der Waals surface area (Å²) in [5, 5.41) is 10.1. The van der Waals surface area contributed by atoms with Crippen LogP contribution in [-0.4, -0.2) is 13.2 Å². The second-order valence-electron chi connectivity index (χ2n) is 3.15. The van der Waals surface area contributed by atoms with Gasteiger partial charge >= 0.3 is 0 Å². The van der Waals surface area contributed by atoms with Crippen LogP contribution in [0.1, 0.15) is 45.4 Å². The van der Waals surface area contributed by atoms with Crippen molar-refractivity contribution >= 4 is 0 Å². The summed E-state index contributed by atoms with van der Waals surface area (Å²) in [6.45, 7) is 3.03. The molecule has 0 saturated carbocycles. The first-order valence-corrected chi connectivity index (χ1v) is 5.26. The summed E-state index contributed by atoms with van der Waals surface area (Å²) < 4.78 is 5.24.